The number of nitrogen functional groups attached to an aromatic ring is 1. The number of aromatic nitrogens is 2. The summed E-state index contributed by atoms with van der Waals surface area (Å²) < 4.78 is 8.53. The summed E-state index contributed by atoms with van der Waals surface area (Å²) in [6, 6.07) is 12.7. The Kier molecular flexibility index (Phi) is 7.12. The van der Waals surface area contributed by atoms with E-state index < -0.39 is 0 Å². The van der Waals surface area contributed by atoms with Crippen molar-refractivity contribution in [1.29, 1.82) is 0 Å². The Labute approximate surface area is 169 Å². The third-order valence-corrected chi connectivity index (χ3v) is 4.45. The Morgan fingerprint density at radius 2 is 1.75 bits per heavy atom. The summed E-state index contributed by atoms with van der Waals surface area (Å²) in [6.45, 7) is 3.00. The summed E-state index contributed by atoms with van der Waals surface area (Å²) in [5.74, 6) is 0.377. The van der Waals surface area contributed by atoms with Crippen molar-refractivity contribution in [2.75, 3.05) is 18.2 Å². The number of halogens is 1. The molecule has 0 atom stereocenters. The van der Waals surface area contributed by atoms with Gasteiger partial charge in [0.1, 0.15) is 5.75 Å². The highest BCUT2D eigenvalue weighted by Crippen LogP contribution is 2.24. The van der Waals surface area contributed by atoms with Gasteiger partial charge in [0.15, 0.2) is 0 Å². The highest BCUT2D eigenvalue weighted by atomic mass is 35.5. The first-order valence-electron chi connectivity index (χ1n) is 8.96. The number of nitrogens with two attached hydrogens (primary N) is 1. The highest BCUT2D eigenvalue weighted by molar-refractivity contribution is 5.91. The van der Waals surface area contributed by atoms with Crippen LogP contribution in [0.1, 0.15) is 19.8 Å². The molecule has 0 aliphatic carbocycles. The van der Waals surface area contributed by atoms with Crippen LogP contribution in [0.15, 0.2) is 47.3 Å². The molecule has 3 aromatic rings. The van der Waals surface area contributed by atoms with Crippen LogP contribution < -0.4 is 21.5 Å². The number of benzene rings is 2. The lowest BCUT2D eigenvalue weighted by atomic mass is 10.2. The van der Waals surface area contributed by atoms with Gasteiger partial charge in [0.25, 0.3) is 0 Å². The van der Waals surface area contributed by atoms with Crippen molar-refractivity contribution in [3.05, 3.63) is 52.9 Å². The van der Waals surface area contributed by atoms with Gasteiger partial charge in [-0.05, 0) is 36.8 Å². The monoisotopic (exact) mass is 404 g/mol. The summed E-state index contributed by atoms with van der Waals surface area (Å²) >= 11 is 0. The molecule has 7 nitrogen and oxygen atoms in total. The van der Waals surface area contributed by atoms with E-state index in [1.165, 1.54) is 7.11 Å². The number of fused-ring (bicyclic) bond motifs is 1. The first kappa shape index (κ1) is 21.4. The summed E-state index contributed by atoms with van der Waals surface area (Å²) in [6.07, 6.45) is 1.05. The maximum atomic E-state index is 12.7. The second kappa shape index (κ2) is 9.32. The van der Waals surface area contributed by atoms with Crippen LogP contribution >= 0.6 is 12.4 Å². The fraction of sp³-hybridized carbons (Fsp3) is 0.300. The van der Waals surface area contributed by atoms with Gasteiger partial charge < -0.3 is 15.8 Å². The van der Waals surface area contributed by atoms with Crippen LogP contribution in [0.5, 0.6) is 5.75 Å². The molecule has 0 bridgehead atoms. The van der Waals surface area contributed by atoms with E-state index in [0.717, 1.165) is 17.5 Å². The molecule has 28 heavy (non-hydrogen) atoms. The van der Waals surface area contributed by atoms with Gasteiger partial charge in [-0.15, -0.1) is 12.4 Å². The third kappa shape index (κ3) is 4.31. The number of carbonyl (C=O) groups is 1. The highest BCUT2D eigenvalue weighted by Gasteiger charge is 2.13. The molecule has 1 heterocycles. The average Bonchev–Trinajstić information content (AvgIpc) is 2.92. The fourth-order valence-electron chi connectivity index (χ4n) is 3.18. The number of methoxy groups -OCH3 is 1. The zero-order chi connectivity index (χ0) is 19.4. The summed E-state index contributed by atoms with van der Waals surface area (Å²) in [5, 5.41) is 2.81. The van der Waals surface area contributed by atoms with E-state index in [9.17, 15) is 9.59 Å². The number of carbonyl (C=O) groups excluding carboxylic acids is 1. The number of nitrogens with one attached hydrogen (secondary N) is 1. The molecule has 0 aliphatic rings. The molecule has 3 N–H and O–H groups in total. The second-order valence-electron chi connectivity index (χ2n) is 6.33. The third-order valence-electron chi connectivity index (χ3n) is 4.45. The maximum absolute atomic E-state index is 12.7. The van der Waals surface area contributed by atoms with E-state index >= 15 is 0 Å². The molecule has 1 aromatic heterocycles. The van der Waals surface area contributed by atoms with E-state index in [1.54, 1.807) is 27.3 Å². The number of anilines is 2. The lowest BCUT2D eigenvalue weighted by molar-refractivity contribution is -0.116. The van der Waals surface area contributed by atoms with Gasteiger partial charge in [0, 0.05) is 25.2 Å². The zero-order valence-electron chi connectivity index (χ0n) is 16.0. The molecule has 0 spiro atoms. The van der Waals surface area contributed by atoms with Gasteiger partial charge in [-0.25, -0.2) is 4.79 Å². The van der Waals surface area contributed by atoms with Crippen molar-refractivity contribution >= 4 is 40.7 Å². The van der Waals surface area contributed by atoms with Crippen molar-refractivity contribution in [3.63, 3.8) is 0 Å². The van der Waals surface area contributed by atoms with E-state index in [-0.39, 0.29) is 30.4 Å². The van der Waals surface area contributed by atoms with Gasteiger partial charge in [-0.3, -0.25) is 13.9 Å². The Morgan fingerprint density at radius 3 is 2.32 bits per heavy atom. The van der Waals surface area contributed by atoms with E-state index in [1.807, 2.05) is 31.2 Å². The quantitative estimate of drug-likeness (QED) is 0.591. The molecular weight excluding hydrogens is 380 g/mol. The molecule has 1 amide bonds. The van der Waals surface area contributed by atoms with Crippen LogP contribution in [0.25, 0.3) is 11.0 Å². The molecule has 0 unspecified atom stereocenters. The Morgan fingerprint density at radius 1 is 1.11 bits per heavy atom. The van der Waals surface area contributed by atoms with Crippen LogP contribution in [-0.2, 0) is 17.9 Å². The number of nitrogens with zero attached hydrogens (tertiary/aromatic N) is 2. The van der Waals surface area contributed by atoms with Crippen molar-refractivity contribution in [2.45, 2.75) is 32.9 Å². The van der Waals surface area contributed by atoms with E-state index in [2.05, 4.69) is 5.32 Å². The van der Waals surface area contributed by atoms with E-state index in [0.29, 0.717) is 30.2 Å². The molecule has 0 aliphatic heterocycles. The number of ether oxygens (including phenoxy) is 1. The van der Waals surface area contributed by atoms with Crippen molar-refractivity contribution in [2.24, 2.45) is 0 Å². The summed E-state index contributed by atoms with van der Waals surface area (Å²) in [4.78, 5) is 25.1. The Balaban J connectivity index is 0.00000280. The molecule has 0 saturated heterocycles. The number of hydrogen-bond acceptors (Lipinski definition) is 4. The molecule has 0 fully saturated rings. The molecule has 3 rings (SSSR count). The largest absolute Gasteiger partial charge is 0.495 e. The molecule has 0 radical (unpaired) electrons. The van der Waals surface area contributed by atoms with Crippen LogP contribution in [-0.4, -0.2) is 22.2 Å². The van der Waals surface area contributed by atoms with Crippen molar-refractivity contribution in [3.8, 4) is 5.75 Å². The van der Waals surface area contributed by atoms with Gasteiger partial charge in [-0.2, -0.15) is 0 Å². The number of rotatable bonds is 7. The smallest absolute Gasteiger partial charge is 0.329 e. The maximum Gasteiger partial charge on any atom is 0.329 e. The number of para-hydroxylation sites is 2. The van der Waals surface area contributed by atoms with Crippen LogP contribution in [0.2, 0.25) is 0 Å². The topological polar surface area (TPSA) is 91.3 Å². The second-order valence-corrected chi connectivity index (χ2v) is 6.33. The van der Waals surface area contributed by atoms with Crippen molar-refractivity contribution < 1.29 is 9.53 Å². The van der Waals surface area contributed by atoms with Gasteiger partial charge in [-0.1, -0.05) is 19.1 Å². The summed E-state index contributed by atoms with van der Waals surface area (Å²) in [5.41, 5.74) is 8.57. The lowest BCUT2D eigenvalue weighted by Crippen LogP contribution is -2.26. The average molecular weight is 405 g/mol. The van der Waals surface area contributed by atoms with E-state index in [4.69, 9.17) is 10.5 Å². The Hall–Kier alpha value is -2.93. The van der Waals surface area contributed by atoms with Gasteiger partial charge in [0.05, 0.1) is 23.8 Å². The first-order chi connectivity index (χ1) is 13.0. The minimum Gasteiger partial charge on any atom is -0.495 e. The number of hydrogen-bond donors (Lipinski definition) is 2. The predicted molar refractivity (Wildman–Crippen MR) is 114 cm³/mol. The van der Waals surface area contributed by atoms with Crippen LogP contribution in [0, 0.1) is 0 Å². The van der Waals surface area contributed by atoms with Gasteiger partial charge in [0.2, 0.25) is 5.91 Å². The molecule has 8 heteroatoms. The number of amides is 1. The normalized spacial score (nSPS) is 10.5. The SMILES string of the molecule is CCCn1c(=O)n(CCC(=O)Nc2ccc(OC)c(N)c2)c2ccccc21.Cl. The lowest BCUT2D eigenvalue weighted by Gasteiger charge is -2.09. The minimum atomic E-state index is -0.182. The molecule has 150 valence electrons. The fourth-order valence-corrected chi connectivity index (χ4v) is 3.18. The number of imidazole rings is 1. The minimum absolute atomic E-state index is 0. The first-order valence-corrected chi connectivity index (χ1v) is 8.96. The van der Waals surface area contributed by atoms with Gasteiger partial charge >= 0.3 is 5.69 Å². The van der Waals surface area contributed by atoms with Crippen molar-refractivity contribution in [1.82, 2.24) is 9.13 Å². The number of aryl methyl sites for hydroxylation is 2. The standard InChI is InChI=1S/C20H24N4O3.ClH/c1-3-11-23-16-6-4-5-7-17(16)24(20(23)26)12-10-19(25)22-14-8-9-18(27-2)15(21)13-14;/h4-9,13H,3,10-12,21H2,1-2H3,(H,22,25);1H. The Bertz CT molecular complexity index is 1030. The van der Waals surface area contributed by atoms with Crippen LogP contribution in [0.4, 0.5) is 11.4 Å². The molecule has 0 saturated carbocycles. The molecular formula is C20H25ClN4O3. The zero-order valence-corrected chi connectivity index (χ0v) is 16.8. The molecule has 2 aromatic carbocycles. The van der Waals surface area contributed by atoms with Crippen LogP contribution in [0.3, 0.4) is 0 Å². The summed E-state index contributed by atoms with van der Waals surface area (Å²) in [7, 11) is 1.54. The predicted octanol–water partition coefficient (Wildman–Crippen LogP) is 3.25.